The summed E-state index contributed by atoms with van der Waals surface area (Å²) < 4.78 is 0. The van der Waals surface area contributed by atoms with E-state index in [9.17, 15) is 4.79 Å². The average Bonchev–Trinajstić information content (AvgIpc) is 2.97. The van der Waals surface area contributed by atoms with Gasteiger partial charge in [0, 0.05) is 32.3 Å². The lowest BCUT2D eigenvalue weighted by Crippen LogP contribution is -2.23. The van der Waals surface area contributed by atoms with Crippen molar-refractivity contribution in [3.05, 3.63) is 23.9 Å². The molecule has 0 aromatic carbocycles. The van der Waals surface area contributed by atoms with Crippen molar-refractivity contribution in [2.45, 2.75) is 32.2 Å². The molecule has 0 radical (unpaired) electrons. The maximum Gasteiger partial charge on any atom is 0.220 e. The summed E-state index contributed by atoms with van der Waals surface area (Å²) in [5.74, 6) is 1.09. The fourth-order valence-electron chi connectivity index (χ4n) is 2.21. The van der Waals surface area contributed by atoms with Gasteiger partial charge in [-0.05, 0) is 37.4 Å². The van der Waals surface area contributed by atoms with Crippen molar-refractivity contribution >= 4 is 11.7 Å². The largest absolute Gasteiger partial charge is 0.357 e. The highest BCUT2D eigenvalue weighted by molar-refractivity contribution is 5.75. The molecule has 1 aromatic heterocycles. The summed E-state index contributed by atoms with van der Waals surface area (Å²) in [4.78, 5) is 18.2. The van der Waals surface area contributed by atoms with Crippen molar-refractivity contribution in [1.29, 1.82) is 0 Å². The lowest BCUT2D eigenvalue weighted by atomic mass is 10.2. The minimum absolute atomic E-state index is 0.0501. The molecule has 1 aliphatic rings. The number of carbonyl (C=O) groups excluding carboxylic acids is 1. The monoisotopic (exact) mass is 262 g/mol. The number of hydrogen-bond donors (Lipinski definition) is 2. The number of hydrogen-bond acceptors (Lipinski definition) is 4. The predicted molar refractivity (Wildman–Crippen MR) is 75.8 cm³/mol. The Balaban J connectivity index is 1.79. The van der Waals surface area contributed by atoms with Crippen LogP contribution in [0.25, 0.3) is 0 Å². The van der Waals surface area contributed by atoms with Crippen LogP contribution in [-0.4, -0.2) is 30.5 Å². The molecule has 5 nitrogen and oxygen atoms in total. The second-order valence-electron chi connectivity index (χ2n) is 4.89. The molecule has 0 bridgehead atoms. The highest BCUT2D eigenvalue weighted by Crippen LogP contribution is 2.17. The minimum atomic E-state index is 0.0501. The first kappa shape index (κ1) is 13.8. The van der Waals surface area contributed by atoms with E-state index in [0.717, 1.165) is 30.9 Å². The molecule has 0 spiro atoms. The van der Waals surface area contributed by atoms with Crippen molar-refractivity contribution in [3.8, 4) is 0 Å². The first-order valence-electron chi connectivity index (χ1n) is 6.96. The normalized spacial score (nSPS) is 14.7. The molecular formula is C14H22N4O. The molecule has 2 heterocycles. The van der Waals surface area contributed by atoms with Gasteiger partial charge >= 0.3 is 0 Å². The Bertz CT molecular complexity index is 398. The molecule has 1 amide bonds. The Morgan fingerprint density at radius 2 is 2.16 bits per heavy atom. The summed E-state index contributed by atoms with van der Waals surface area (Å²) in [5.41, 5.74) is 6.40. The highest BCUT2D eigenvalue weighted by atomic mass is 16.1. The lowest BCUT2D eigenvalue weighted by Gasteiger charge is -2.16. The molecule has 0 atom stereocenters. The number of rotatable bonds is 6. The van der Waals surface area contributed by atoms with Gasteiger partial charge in [-0.3, -0.25) is 4.79 Å². The van der Waals surface area contributed by atoms with Gasteiger partial charge < -0.3 is 16.0 Å². The number of pyridine rings is 1. The van der Waals surface area contributed by atoms with E-state index >= 15 is 0 Å². The maximum atomic E-state index is 11.5. The van der Waals surface area contributed by atoms with Crippen LogP contribution in [0.2, 0.25) is 0 Å². The van der Waals surface area contributed by atoms with Crippen LogP contribution in [0.15, 0.2) is 18.3 Å². The molecule has 1 aromatic rings. The summed E-state index contributed by atoms with van der Waals surface area (Å²) in [5, 5.41) is 2.87. The van der Waals surface area contributed by atoms with Gasteiger partial charge in [0.05, 0.1) is 0 Å². The van der Waals surface area contributed by atoms with E-state index in [2.05, 4.69) is 15.2 Å². The van der Waals surface area contributed by atoms with Crippen LogP contribution >= 0.6 is 0 Å². The maximum absolute atomic E-state index is 11.5. The van der Waals surface area contributed by atoms with Crippen LogP contribution in [0.1, 0.15) is 31.2 Å². The van der Waals surface area contributed by atoms with E-state index in [1.54, 1.807) is 0 Å². The van der Waals surface area contributed by atoms with E-state index in [1.165, 1.54) is 12.8 Å². The Morgan fingerprint density at radius 1 is 1.37 bits per heavy atom. The molecule has 5 heteroatoms. The van der Waals surface area contributed by atoms with Crippen LogP contribution in [0, 0.1) is 0 Å². The number of nitrogens with zero attached hydrogens (tertiary/aromatic N) is 2. The summed E-state index contributed by atoms with van der Waals surface area (Å²) >= 11 is 0. The molecule has 0 saturated carbocycles. The zero-order valence-electron chi connectivity index (χ0n) is 11.3. The Hall–Kier alpha value is -1.62. The van der Waals surface area contributed by atoms with Crippen LogP contribution < -0.4 is 16.0 Å². The fraction of sp³-hybridized carbons (Fsp3) is 0.571. The highest BCUT2D eigenvalue weighted by Gasteiger charge is 2.12. The third kappa shape index (κ3) is 4.21. The molecule has 0 unspecified atom stereocenters. The van der Waals surface area contributed by atoms with E-state index in [0.29, 0.717) is 19.5 Å². The third-order valence-electron chi connectivity index (χ3n) is 3.34. The van der Waals surface area contributed by atoms with E-state index in [-0.39, 0.29) is 5.91 Å². The van der Waals surface area contributed by atoms with Crippen molar-refractivity contribution in [3.63, 3.8) is 0 Å². The van der Waals surface area contributed by atoms with Gasteiger partial charge in [0.2, 0.25) is 5.91 Å². The smallest absolute Gasteiger partial charge is 0.220 e. The summed E-state index contributed by atoms with van der Waals surface area (Å²) in [6, 6.07) is 4.07. The van der Waals surface area contributed by atoms with Crippen LogP contribution in [0.4, 0.5) is 5.82 Å². The van der Waals surface area contributed by atoms with Gasteiger partial charge in [-0.2, -0.15) is 0 Å². The Labute approximate surface area is 114 Å². The number of nitrogens with one attached hydrogen (secondary N) is 1. The first-order valence-corrected chi connectivity index (χ1v) is 6.96. The van der Waals surface area contributed by atoms with Gasteiger partial charge in [0.15, 0.2) is 0 Å². The molecule has 1 saturated heterocycles. The number of aromatic nitrogens is 1. The van der Waals surface area contributed by atoms with Gasteiger partial charge in [0.25, 0.3) is 0 Å². The number of anilines is 1. The molecule has 1 fully saturated rings. The quantitative estimate of drug-likeness (QED) is 0.803. The number of amides is 1. The molecule has 3 N–H and O–H groups in total. The summed E-state index contributed by atoms with van der Waals surface area (Å²) in [6.07, 6.45) is 5.58. The molecule has 2 rings (SSSR count). The van der Waals surface area contributed by atoms with Crippen molar-refractivity contribution < 1.29 is 4.79 Å². The zero-order chi connectivity index (χ0) is 13.5. The topological polar surface area (TPSA) is 71.2 Å². The van der Waals surface area contributed by atoms with E-state index < -0.39 is 0 Å². The average molecular weight is 262 g/mol. The first-order chi connectivity index (χ1) is 9.29. The minimum Gasteiger partial charge on any atom is -0.357 e. The van der Waals surface area contributed by atoms with Gasteiger partial charge in [0.1, 0.15) is 5.82 Å². The van der Waals surface area contributed by atoms with Gasteiger partial charge in [-0.15, -0.1) is 0 Å². The SMILES string of the molecule is NCCCC(=O)NCc1ccc(N2CCCC2)nc1. The predicted octanol–water partition coefficient (Wildman–Crippen LogP) is 1.04. The molecule has 1 aliphatic heterocycles. The Kier molecular flexibility index (Phi) is 5.15. The van der Waals surface area contributed by atoms with E-state index in [4.69, 9.17) is 5.73 Å². The zero-order valence-corrected chi connectivity index (χ0v) is 11.3. The second-order valence-corrected chi connectivity index (χ2v) is 4.89. The van der Waals surface area contributed by atoms with Crippen LogP contribution in [0.5, 0.6) is 0 Å². The molecule has 19 heavy (non-hydrogen) atoms. The number of nitrogens with two attached hydrogens (primary N) is 1. The third-order valence-corrected chi connectivity index (χ3v) is 3.34. The summed E-state index contributed by atoms with van der Waals surface area (Å²) in [6.45, 7) is 3.29. The Morgan fingerprint density at radius 3 is 2.79 bits per heavy atom. The molecule has 0 aliphatic carbocycles. The number of carbonyl (C=O) groups is 1. The fourth-order valence-corrected chi connectivity index (χ4v) is 2.21. The van der Waals surface area contributed by atoms with Crippen LogP contribution in [-0.2, 0) is 11.3 Å². The molecule has 104 valence electrons. The van der Waals surface area contributed by atoms with E-state index in [1.807, 2.05) is 18.3 Å². The van der Waals surface area contributed by atoms with Crippen molar-refractivity contribution in [2.75, 3.05) is 24.5 Å². The van der Waals surface area contributed by atoms with Crippen molar-refractivity contribution in [1.82, 2.24) is 10.3 Å². The van der Waals surface area contributed by atoms with Gasteiger partial charge in [-0.1, -0.05) is 6.07 Å². The second kappa shape index (κ2) is 7.09. The van der Waals surface area contributed by atoms with Gasteiger partial charge in [-0.25, -0.2) is 4.98 Å². The van der Waals surface area contributed by atoms with Crippen molar-refractivity contribution in [2.24, 2.45) is 5.73 Å². The lowest BCUT2D eigenvalue weighted by molar-refractivity contribution is -0.121. The standard InChI is InChI=1S/C14H22N4O/c15-7-3-4-14(19)17-11-12-5-6-13(16-10-12)18-8-1-2-9-18/h5-6,10H,1-4,7-9,11,15H2,(H,17,19). The molecular weight excluding hydrogens is 240 g/mol. The summed E-state index contributed by atoms with van der Waals surface area (Å²) in [7, 11) is 0. The van der Waals surface area contributed by atoms with Crippen LogP contribution in [0.3, 0.4) is 0 Å².